The minimum Gasteiger partial charge on any atom is -0.385 e. The van der Waals surface area contributed by atoms with Gasteiger partial charge < -0.3 is 10.5 Å². The van der Waals surface area contributed by atoms with Crippen LogP contribution in [0.25, 0.3) is 0 Å². The van der Waals surface area contributed by atoms with E-state index >= 15 is 0 Å². The summed E-state index contributed by atoms with van der Waals surface area (Å²) >= 11 is 3.18. The fraction of sp³-hybridized carbons (Fsp3) is 0.364. The number of rotatable bonds is 5. The van der Waals surface area contributed by atoms with Gasteiger partial charge in [-0.25, -0.2) is 4.39 Å². The molecule has 88 valence electrons. The van der Waals surface area contributed by atoms with Crippen molar-refractivity contribution in [2.45, 2.75) is 12.5 Å². The molecule has 0 spiro atoms. The Bertz CT molecular complexity index is 384. The first-order valence-electron chi connectivity index (χ1n) is 4.80. The Morgan fingerprint density at radius 3 is 2.94 bits per heavy atom. The monoisotopic (exact) mass is 289 g/mol. The van der Waals surface area contributed by atoms with Crippen LogP contribution >= 0.6 is 15.9 Å². The van der Waals surface area contributed by atoms with Crippen LogP contribution in [0.5, 0.6) is 0 Å². The number of halogens is 2. The van der Waals surface area contributed by atoms with Crippen molar-refractivity contribution in [1.29, 1.82) is 0 Å². The molecule has 3 nitrogen and oxygen atoms in total. The van der Waals surface area contributed by atoms with Gasteiger partial charge in [0.1, 0.15) is 5.82 Å². The molecule has 0 saturated carbocycles. The van der Waals surface area contributed by atoms with Crippen molar-refractivity contribution >= 4 is 21.7 Å². The van der Waals surface area contributed by atoms with Gasteiger partial charge in [0, 0.05) is 18.2 Å². The molecule has 1 atom stereocenters. The molecule has 0 amide bonds. The molecule has 0 bridgehead atoms. The van der Waals surface area contributed by atoms with E-state index in [0.29, 0.717) is 17.5 Å². The smallest absolute Gasteiger partial charge is 0.182 e. The lowest BCUT2D eigenvalue weighted by atomic mass is 10.0. The molecule has 0 radical (unpaired) electrons. The first kappa shape index (κ1) is 13.3. The highest BCUT2D eigenvalue weighted by molar-refractivity contribution is 9.10. The number of hydrogen-bond donors (Lipinski definition) is 1. The van der Waals surface area contributed by atoms with Gasteiger partial charge in [-0.1, -0.05) is 15.9 Å². The molecular weight excluding hydrogens is 277 g/mol. The van der Waals surface area contributed by atoms with Gasteiger partial charge >= 0.3 is 0 Å². The minimum atomic E-state index is -0.733. The number of nitrogens with two attached hydrogens (primary N) is 1. The second-order valence-corrected chi connectivity index (χ2v) is 4.29. The fourth-order valence-electron chi connectivity index (χ4n) is 1.26. The van der Waals surface area contributed by atoms with Gasteiger partial charge in [0.2, 0.25) is 0 Å². The SMILES string of the molecule is COCCC(N)C(=O)c1cc(Br)ccc1F. The third-order valence-corrected chi connectivity index (χ3v) is 2.66. The molecule has 1 rings (SSSR count). The fourth-order valence-corrected chi connectivity index (χ4v) is 1.62. The van der Waals surface area contributed by atoms with Gasteiger partial charge in [0.05, 0.1) is 11.6 Å². The number of ether oxygens (including phenoxy) is 1. The Hall–Kier alpha value is -0.780. The lowest BCUT2D eigenvalue weighted by Crippen LogP contribution is -2.32. The second-order valence-electron chi connectivity index (χ2n) is 3.38. The summed E-state index contributed by atoms with van der Waals surface area (Å²) in [5.74, 6) is -0.961. The molecule has 0 heterocycles. The maximum absolute atomic E-state index is 13.4. The highest BCUT2D eigenvalue weighted by Crippen LogP contribution is 2.17. The van der Waals surface area contributed by atoms with E-state index in [9.17, 15) is 9.18 Å². The van der Waals surface area contributed by atoms with Crippen LogP contribution in [0, 0.1) is 5.82 Å². The largest absolute Gasteiger partial charge is 0.385 e. The first-order valence-corrected chi connectivity index (χ1v) is 5.59. The van der Waals surface area contributed by atoms with Crippen molar-refractivity contribution in [2.24, 2.45) is 5.73 Å². The molecule has 0 aliphatic carbocycles. The molecule has 0 aliphatic heterocycles. The zero-order valence-corrected chi connectivity index (χ0v) is 10.5. The average Bonchev–Trinajstić information content (AvgIpc) is 2.28. The quantitative estimate of drug-likeness (QED) is 0.845. The van der Waals surface area contributed by atoms with E-state index in [1.165, 1.54) is 25.3 Å². The normalized spacial score (nSPS) is 12.5. The van der Waals surface area contributed by atoms with Crippen LogP contribution in [0.4, 0.5) is 4.39 Å². The Morgan fingerprint density at radius 1 is 1.62 bits per heavy atom. The topological polar surface area (TPSA) is 52.3 Å². The summed E-state index contributed by atoms with van der Waals surface area (Å²) in [4.78, 5) is 11.8. The molecule has 0 aromatic heterocycles. The van der Waals surface area contributed by atoms with Gasteiger partial charge in [-0.2, -0.15) is 0 Å². The Kier molecular flexibility index (Phi) is 5.05. The number of hydrogen-bond acceptors (Lipinski definition) is 3. The van der Waals surface area contributed by atoms with Crippen LogP contribution in [0.1, 0.15) is 16.8 Å². The lowest BCUT2D eigenvalue weighted by molar-refractivity contribution is 0.0931. The summed E-state index contributed by atoms with van der Waals surface area (Å²) in [7, 11) is 1.52. The lowest BCUT2D eigenvalue weighted by Gasteiger charge is -2.10. The van der Waals surface area contributed by atoms with E-state index < -0.39 is 17.6 Å². The molecule has 1 unspecified atom stereocenters. The van der Waals surface area contributed by atoms with Gasteiger partial charge in [0.25, 0.3) is 0 Å². The van der Waals surface area contributed by atoms with E-state index in [2.05, 4.69) is 15.9 Å². The molecule has 2 N–H and O–H groups in total. The van der Waals surface area contributed by atoms with Crippen molar-refractivity contribution in [3.63, 3.8) is 0 Å². The molecule has 16 heavy (non-hydrogen) atoms. The zero-order chi connectivity index (χ0) is 12.1. The summed E-state index contributed by atoms with van der Waals surface area (Å²) in [6.07, 6.45) is 0.376. The van der Waals surface area contributed by atoms with Crippen molar-refractivity contribution in [3.05, 3.63) is 34.1 Å². The second kappa shape index (κ2) is 6.08. The number of methoxy groups -OCH3 is 1. The third-order valence-electron chi connectivity index (χ3n) is 2.16. The molecular formula is C11H13BrFNO2. The van der Waals surface area contributed by atoms with Crippen LogP contribution in [-0.2, 0) is 4.74 Å². The van der Waals surface area contributed by atoms with Crippen molar-refractivity contribution in [2.75, 3.05) is 13.7 Å². The molecule has 1 aromatic rings. The number of benzene rings is 1. The predicted molar refractivity (Wildman–Crippen MR) is 62.9 cm³/mol. The number of carbonyl (C=O) groups is 1. The van der Waals surface area contributed by atoms with E-state index in [0.717, 1.165) is 0 Å². The molecule has 0 fully saturated rings. The van der Waals surface area contributed by atoms with Crippen LogP contribution in [0.3, 0.4) is 0 Å². The van der Waals surface area contributed by atoms with Gasteiger partial charge in [0.15, 0.2) is 5.78 Å². The zero-order valence-electron chi connectivity index (χ0n) is 8.87. The van der Waals surface area contributed by atoms with E-state index in [-0.39, 0.29) is 5.56 Å². The van der Waals surface area contributed by atoms with Gasteiger partial charge in [-0.3, -0.25) is 4.79 Å². The van der Waals surface area contributed by atoms with Crippen LogP contribution < -0.4 is 5.73 Å². The van der Waals surface area contributed by atoms with Gasteiger partial charge in [-0.05, 0) is 24.6 Å². The maximum Gasteiger partial charge on any atom is 0.182 e. The molecule has 0 saturated heterocycles. The summed E-state index contributed by atoms with van der Waals surface area (Å²) in [5, 5.41) is 0. The summed E-state index contributed by atoms with van der Waals surface area (Å²) in [5.41, 5.74) is 5.65. The van der Waals surface area contributed by atoms with Gasteiger partial charge in [-0.15, -0.1) is 0 Å². The average molecular weight is 290 g/mol. The number of ketones is 1. The summed E-state index contributed by atoms with van der Waals surface area (Å²) < 4.78 is 18.8. The molecule has 1 aromatic carbocycles. The Labute approximate surface area is 102 Å². The van der Waals surface area contributed by atoms with Crippen LogP contribution in [0.2, 0.25) is 0 Å². The van der Waals surface area contributed by atoms with E-state index in [4.69, 9.17) is 10.5 Å². The first-order chi connectivity index (χ1) is 7.56. The number of Topliss-reactive ketones (excluding diaryl/α,β-unsaturated/α-hetero) is 1. The highest BCUT2D eigenvalue weighted by atomic mass is 79.9. The standard InChI is InChI=1S/C11H13BrFNO2/c1-16-5-4-10(14)11(15)8-6-7(12)2-3-9(8)13/h2-3,6,10H,4-5,14H2,1H3. The van der Waals surface area contributed by atoms with E-state index in [1.54, 1.807) is 0 Å². The Morgan fingerprint density at radius 2 is 2.31 bits per heavy atom. The van der Waals surface area contributed by atoms with Crippen molar-refractivity contribution in [1.82, 2.24) is 0 Å². The minimum absolute atomic E-state index is 0.0120. The molecule has 0 aliphatic rings. The summed E-state index contributed by atoms with van der Waals surface area (Å²) in [6, 6.07) is 3.47. The third kappa shape index (κ3) is 3.37. The van der Waals surface area contributed by atoms with E-state index in [1.807, 2.05) is 0 Å². The maximum atomic E-state index is 13.4. The summed E-state index contributed by atoms with van der Waals surface area (Å²) in [6.45, 7) is 0.378. The predicted octanol–water partition coefficient (Wildman–Crippen LogP) is 2.13. The molecule has 5 heteroatoms. The van der Waals surface area contributed by atoms with Crippen LogP contribution in [-0.4, -0.2) is 25.5 Å². The highest BCUT2D eigenvalue weighted by Gasteiger charge is 2.19. The Balaban J connectivity index is 2.83. The van der Waals surface area contributed by atoms with Crippen LogP contribution in [0.15, 0.2) is 22.7 Å². The van der Waals surface area contributed by atoms with Crippen molar-refractivity contribution in [3.8, 4) is 0 Å². The number of carbonyl (C=O) groups excluding carboxylic acids is 1. The van der Waals surface area contributed by atoms with Crippen molar-refractivity contribution < 1.29 is 13.9 Å².